The van der Waals surface area contributed by atoms with E-state index in [1.165, 1.54) is 6.07 Å². The summed E-state index contributed by atoms with van der Waals surface area (Å²) in [6.07, 6.45) is 0.740. The lowest BCUT2D eigenvalue weighted by Crippen LogP contribution is -2.09. The van der Waals surface area contributed by atoms with E-state index in [1.807, 2.05) is 26.0 Å². The highest BCUT2D eigenvalue weighted by Crippen LogP contribution is 2.34. The molecule has 0 radical (unpaired) electrons. The summed E-state index contributed by atoms with van der Waals surface area (Å²) in [4.78, 5) is 8.55. The second kappa shape index (κ2) is 6.26. The van der Waals surface area contributed by atoms with Gasteiger partial charge in [-0.05, 0) is 31.5 Å². The molecule has 7 heteroatoms. The van der Waals surface area contributed by atoms with Crippen LogP contribution in [0.25, 0.3) is 0 Å². The van der Waals surface area contributed by atoms with E-state index in [9.17, 15) is 0 Å². The number of hydrazine groups is 1. The van der Waals surface area contributed by atoms with Gasteiger partial charge in [-0.25, -0.2) is 5.84 Å². The molecule has 0 saturated carbocycles. The van der Waals surface area contributed by atoms with E-state index in [0.29, 0.717) is 21.6 Å². The maximum atomic E-state index is 6.07. The van der Waals surface area contributed by atoms with Gasteiger partial charge < -0.3 is 10.2 Å². The van der Waals surface area contributed by atoms with Gasteiger partial charge in [0.25, 0.3) is 0 Å². The summed E-state index contributed by atoms with van der Waals surface area (Å²) in [5.41, 5.74) is 4.15. The number of hydrogen-bond donors (Lipinski definition) is 2. The quantitative estimate of drug-likeness (QED) is 0.664. The molecule has 0 aliphatic heterocycles. The molecule has 0 aliphatic rings. The largest absolute Gasteiger partial charge is 0.436 e. The van der Waals surface area contributed by atoms with E-state index in [2.05, 4.69) is 15.4 Å². The van der Waals surface area contributed by atoms with Crippen LogP contribution in [0, 0.1) is 6.92 Å². The maximum absolute atomic E-state index is 6.07. The second-order valence-corrected chi connectivity index (χ2v) is 4.92. The van der Waals surface area contributed by atoms with Crippen molar-refractivity contribution in [2.75, 3.05) is 5.43 Å². The molecule has 0 aromatic carbocycles. The monoisotopic (exact) mass is 312 g/mol. The Kier molecular flexibility index (Phi) is 4.65. The first-order valence-electron chi connectivity index (χ1n) is 6.02. The lowest BCUT2D eigenvalue weighted by molar-refractivity contribution is 0.455. The highest BCUT2D eigenvalue weighted by atomic mass is 35.5. The van der Waals surface area contributed by atoms with Crippen molar-refractivity contribution in [1.29, 1.82) is 0 Å². The Bertz CT molecular complexity index is 634. The van der Waals surface area contributed by atoms with E-state index in [1.54, 1.807) is 0 Å². The highest BCUT2D eigenvalue weighted by Gasteiger charge is 2.13. The number of halogens is 2. The van der Waals surface area contributed by atoms with Crippen LogP contribution in [0.1, 0.15) is 18.3 Å². The summed E-state index contributed by atoms with van der Waals surface area (Å²) in [6, 6.07) is 5.22. The normalized spacial score (nSPS) is 10.4. The van der Waals surface area contributed by atoms with E-state index in [4.69, 9.17) is 33.8 Å². The molecule has 2 aromatic heterocycles. The van der Waals surface area contributed by atoms with Gasteiger partial charge in [-0.3, -0.25) is 4.98 Å². The van der Waals surface area contributed by atoms with Crippen LogP contribution in [-0.4, -0.2) is 9.97 Å². The van der Waals surface area contributed by atoms with Gasteiger partial charge >= 0.3 is 0 Å². The van der Waals surface area contributed by atoms with Crippen molar-refractivity contribution in [3.05, 3.63) is 39.6 Å². The van der Waals surface area contributed by atoms with Crippen molar-refractivity contribution in [2.45, 2.75) is 20.3 Å². The minimum atomic E-state index is 0.226. The smallest absolute Gasteiger partial charge is 0.240 e. The summed E-state index contributed by atoms with van der Waals surface area (Å²) in [5.74, 6) is 6.46. The molecule has 0 saturated heterocycles. The zero-order valence-corrected chi connectivity index (χ0v) is 12.6. The third-order valence-corrected chi connectivity index (χ3v) is 3.21. The van der Waals surface area contributed by atoms with Gasteiger partial charge in [0, 0.05) is 5.69 Å². The number of ether oxygens (including phenoxy) is 1. The fraction of sp³-hybridized carbons (Fsp3) is 0.231. The van der Waals surface area contributed by atoms with E-state index >= 15 is 0 Å². The predicted molar refractivity (Wildman–Crippen MR) is 80.5 cm³/mol. The topological polar surface area (TPSA) is 73.1 Å². The van der Waals surface area contributed by atoms with E-state index in [0.717, 1.165) is 17.8 Å². The zero-order chi connectivity index (χ0) is 14.7. The van der Waals surface area contributed by atoms with Gasteiger partial charge in [0.1, 0.15) is 5.02 Å². The molecule has 0 unspecified atom stereocenters. The molecule has 0 atom stereocenters. The molecule has 0 spiro atoms. The molecule has 3 N–H and O–H groups in total. The maximum Gasteiger partial charge on any atom is 0.240 e. The summed E-state index contributed by atoms with van der Waals surface area (Å²) >= 11 is 12.0. The van der Waals surface area contributed by atoms with Crippen LogP contribution in [0.4, 0.5) is 5.82 Å². The molecular weight excluding hydrogens is 299 g/mol. The van der Waals surface area contributed by atoms with Gasteiger partial charge in [0.05, 0.1) is 10.7 Å². The number of pyridine rings is 2. The van der Waals surface area contributed by atoms with Gasteiger partial charge in [-0.1, -0.05) is 30.1 Å². The summed E-state index contributed by atoms with van der Waals surface area (Å²) < 4.78 is 5.72. The Morgan fingerprint density at radius 2 is 2.00 bits per heavy atom. The van der Waals surface area contributed by atoms with Gasteiger partial charge in [0.15, 0.2) is 11.6 Å². The predicted octanol–water partition coefficient (Wildman–Crippen LogP) is 3.73. The molecule has 2 rings (SSSR count). The summed E-state index contributed by atoms with van der Waals surface area (Å²) in [7, 11) is 0. The Morgan fingerprint density at radius 1 is 1.25 bits per heavy atom. The SMILES string of the molecule is CCc1nc(C)ccc1Oc1nc(NN)c(Cl)cc1Cl. The van der Waals surface area contributed by atoms with Gasteiger partial charge in [-0.2, -0.15) is 4.98 Å². The number of nitrogen functional groups attached to an aromatic ring is 1. The fourth-order valence-corrected chi connectivity index (χ4v) is 2.12. The fourth-order valence-electron chi connectivity index (χ4n) is 1.67. The summed E-state index contributed by atoms with van der Waals surface area (Å²) in [6.45, 7) is 3.92. The number of aryl methyl sites for hydroxylation is 2. The molecule has 5 nitrogen and oxygen atoms in total. The molecule has 0 aliphatic carbocycles. The lowest BCUT2D eigenvalue weighted by Gasteiger charge is -2.12. The van der Waals surface area contributed by atoms with Crippen molar-refractivity contribution in [3.8, 4) is 11.6 Å². The van der Waals surface area contributed by atoms with E-state index < -0.39 is 0 Å². The third kappa shape index (κ3) is 3.12. The molecule has 106 valence electrons. The Labute approximate surface area is 127 Å². The Morgan fingerprint density at radius 3 is 2.65 bits per heavy atom. The van der Waals surface area contributed by atoms with Crippen LogP contribution >= 0.6 is 23.2 Å². The number of rotatable bonds is 4. The van der Waals surface area contributed by atoms with Crippen molar-refractivity contribution in [3.63, 3.8) is 0 Å². The highest BCUT2D eigenvalue weighted by molar-refractivity contribution is 6.36. The van der Waals surface area contributed by atoms with Crippen molar-refractivity contribution >= 4 is 29.0 Å². The summed E-state index contributed by atoms with van der Waals surface area (Å²) in [5, 5.41) is 0.624. The number of aromatic nitrogens is 2. The third-order valence-electron chi connectivity index (χ3n) is 2.65. The first kappa shape index (κ1) is 14.8. The van der Waals surface area contributed by atoms with Crippen molar-refractivity contribution in [2.24, 2.45) is 5.84 Å². The molecule has 0 fully saturated rings. The lowest BCUT2D eigenvalue weighted by atomic mass is 10.2. The van der Waals surface area contributed by atoms with Crippen molar-refractivity contribution < 1.29 is 4.74 Å². The first-order chi connectivity index (χ1) is 9.55. The van der Waals surface area contributed by atoms with Crippen LogP contribution in [-0.2, 0) is 6.42 Å². The Hall–Kier alpha value is -1.56. The number of nitrogens with one attached hydrogen (secondary N) is 1. The van der Waals surface area contributed by atoms with Crippen LogP contribution in [0.2, 0.25) is 10.0 Å². The zero-order valence-electron chi connectivity index (χ0n) is 11.1. The van der Waals surface area contributed by atoms with E-state index in [-0.39, 0.29) is 5.88 Å². The minimum Gasteiger partial charge on any atom is -0.436 e. The van der Waals surface area contributed by atoms with Gasteiger partial charge in [-0.15, -0.1) is 0 Å². The molecule has 2 aromatic rings. The van der Waals surface area contributed by atoms with Crippen LogP contribution in [0.3, 0.4) is 0 Å². The molecule has 0 amide bonds. The second-order valence-electron chi connectivity index (χ2n) is 4.10. The number of nitrogens with two attached hydrogens (primary N) is 1. The number of anilines is 1. The molecule has 20 heavy (non-hydrogen) atoms. The Balaban J connectivity index is 2.39. The molecular formula is C13H14Cl2N4O. The van der Waals surface area contributed by atoms with Crippen LogP contribution < -0.4 is 16.0 Å². The van der Waals surface area contributed by atoms with Crippen LogP contribution in [0.5, 0.6) is 11.6 Å². The average Bonchev–Trinajstić information content (AvgIpc) is 2.43. The molecule has 2 heterocycles. The number of nitrogens with zero attached hydrogens (tertiary/aromatic N) is 2. The van der Waals surface area contributed by atoms with Crippen LogP contribution in [0.15, 0.2) is 18.2 Å². The van der Waals surface area contributed by atoms with Gasteiger partial charge in [0.2, 0.25) is 5.88 Å². The standard InChI is InChI=1S/C13H14Cl2N4O/c1-3-10-11(5-4-7(2)17-10)20-13-9(15)6-8(14)12(18-13)19-16/h4-6H,3,16H2,1-2H3,(H,18,19). The minimum absolute atomic E-state index is 0.226. The average molecular weight is 313 g/mol. The molecule has 0 bridgehead atoms. The first-order valence-corrected chi connectivity index (χ1v) is 6.77. The number of hydrogen-bond acceptors (Lipinski definition) is 5. The van der Waals surface area contributed by atoms with Crippen molar-refractivity contribution in [1.82, 2.24) is 9.97 Å².